The van der Waals surface area contributed by atoms with E-state index in [1.807, 2.05) is 19.1 Å². The molecule has 0 aromatic heterocycles. The number of piperidine rings is 1. The van der Waals surface area contributed by atoms with Crippen LogP contribution in [0.1, 0.15) is 25.3 Å². The molecule has 1 fully saturated rings. The maximum Gasteiger partial charge on any atom is 0.228 e. The van der Waals surface area contributed by atoms with E-state index in [0.29, 0.717) is 48.0 Å². The minimum Gasteiger partial charge on any atom is -0.492 e. The Morgan fingerprint density at radius 1 is 1.21 bits per heavy atom. The molecule has 29 heavy (non-hydrogen) atoms. The summed E-state index contributed by atoms with van der Waals surface area (Å²) in [6.07, 6.45) is 1.27. The molecule has 0 spiro atoms. The summed E-state index contributed by atoms with van der Waals surface area (Å²) in [6, 6.07) is 14.1. The van der Waals surface area contributed by atoms with E-state index in [1.54, 1.807) is 36.4 Å². The van der Waals surface area contributed by atoms with Crippen LogP contribution in [-0.4, -0.2) is 38.3 Å². The van der Waals surface area contributed by atoms with E-state index in [0.717, 1.165) is 0 Å². The van der Waals surface area contributed by atoms with Gasteiger partial charge in [0.2, 0.25) is 15.9 Å². The van der Waals surface area contributed by atoms with Crippen LogP contribution >= 0.6 is 11.6 Å². The number of amides is 1. The highest BCUT2D eigenvalue weighted by atomic mass is 35.5. The van der Waals surface area contributed by atoms with E-state index in [-0.39, 0.29) is 18.2 Å². The molecule has 3 rings (SSSR count). The second-order valence-electron chi connectivity index (χ2n) is 6.96. The number of para-hydroxylation sites is 2. The third kappa shape index (κ3) is 5.50. The Hall–Kier alpha value is -2.09. The zero-order valence-corrected chi connectivity index (χ0v) is 17.9. The van der Waals surface area contributed by atoms with Crippen LogP contribution in [0.2, 0.25) is 5.02 Å². The summed E-state index contributed by atoms with van der Waals surface area (Å²) >= 11 is 6.12. The minimum atomic E-state index is -3.57. The number of benzene rings is 2. The van der Waals surface area contributed by atoms with Crippen molar-refractivity contribution in [2.75, 3.05) is 25.0 Å². The topological polar surface area (TPSA) is 75.7 Å². The van der Waals surface area contributed by atoms with Crippen molar-refractivity contribution in [1.29, 1.82) is 0 Å². The fourth-order valence-electron chi connectivity index (χ4n) is 3.40. The summed E-state index contributed by atoms with van der Waals surface area (Å²) in [7, 11) is -3.57. The Morgan fingerprint density at radius 3 is 2.69 bits per heavy atom. The van der Waals surface area contributed by atoms with E-state index in [4.69, 9.17) is 16.3 Å². The highest BCUT2D eigenvalue weighted by molar-refractivity contribution is 7.88. The van der Waals surface area contributed by atoms with Crippen molar-refractivity contribution < 1.29 is 17.9 Å². The number of anilines is 1. The highest BCUT2D eigenvalue weighted by Crippen LogP contribution is 2.27. The highest BCUT2D eigenvalue weighted by Gasteiger charge is 2.33. The van der Waals surface area contributed by atoms with Crippen molar-refractivity contribution >= 4 is 33.2 Å². The zero-order chi connectivity index (χ0) is 20.9. The van der Waals surface area contributed by atoms with Crippen LogP contribution < -0.4 is 10.1 Å². The molecule has 1 aliphatic heterocycles. The van der Waals surface area contributed by atoms with Gasteiger partial charge in [0, 0.05) is 18.1 Å². The molecular formula is C21H25ClN2O4S. The number of rotatable bonds is 7. The molecule has 0 radical (unpaired) electrons. The largest absolute Gasteiger partial charge is 0.492 e. The predicted molar refractivity (Wildman–Crippen MR) is 115 cm³/mol. The van der Waals surface area contributed by atoms with Crippen molar-refractivity contribution in [3.63, 3.8) is 0 Å². The third-order valence-electron chi connectivity index (χ3n) is 4.89. The van der Waals surface area contributed by atoms with Crippen molar-refractivity contribution in [1.82, 2.24) is 4.31 Å². The summed E-state index contributed by atoms with van der Waals surface area (Å²) in [5.74, 6) is -0.189. The Morgan fingerprint density at radius 2 is 1.93 bits per heavy atom. The van der Waals surface area contributed by atoms with E-state index in [2.05, 4.69) is 5.32 Å². The monoisotopic (exact) mass is 436 g/mol. The molecule has 1 amide bonds. The van der Waals surface area contributed by atoms with E-state index < -0.39 is 15.9 Å². The number of hydrogen-bond acceptors (Lipinski definition) is 4. The third-order valence-corrected chi connectivity index (χ3v) is 7.05. The van der Waals surface area contributed by atoms with Gasteiger partial charge in [-0.2, -0.15) is 0 Å². The number of carbonyl (C=O) groups excluding carboxylic acids is 1. The quantitative estimate of drug-likeness (QED) is 0.713. The minimum absolute atomic E-state index is 0.162. The summed E-state index contributed by atoms with van der Waals surface area (Å²) < 4.78 is 32.7. The molecule has 0 saturated carbocycles. The average molecular weight is 437 g/mol. The van der Waals surface area contributed by atoms with Crippen LogP contribution in [0, 0.1) is 5.92 Å². The molecule has 8 heteroatoms. The molecule has 1 N–H and O–H groups in total. The standard InChI is InChI=1S/C21H25ClN2O4S/c1-2-28-20-12-6-5-11-19(20)23-21(25)16-9-7-13-24(14-16)29(26,27)15-17-8-3-4-10-18(17)22/h3-6,8,10-12,16H,2,7,9,13-15H2,1H3,(H,23,25)/t16-/m0/s1. The first-order valence-electron chi connectivity index (χ1n) is 9.64. The van der Waals surface area contributed by atoms with Gasteiger partial charge in [0.05, 0.1) is 24.0 Å². The Labute approximate surface area is 176 Å². The maximum atomic E-state index is 12.9. The van der Waals surface area contributed by atoms with Crippen molar-refractivity contribution in [2.24, 2.45) is 5.92 Å². The predicted octanol–water partition coefficient (Wildman–Crippen LogP) is 3.92. The first-order valence-corrected chi connectivity index (χ1v) is 11.6. The van der Waals surface area contributed by atoms with Crippen LogP contribution in [0.3, 0.4) is 0 Å². The molecule has 2 aromatic rings. The van der Waals surface area contributed by atoms with Gasteiger partial charge in [-0.05, 0) is 43.5 Å². The van der Waals surface area contributed by atoms with E-state index >= 15 is 0 Å². The van der Waals surface area contributed by atoms with Crippen molar-refractivity contribution in [3.8, 4) is 5.75 Å². The average Bonchev–Trinajstić information content (AvgIpc) is 2.71. The first kappa shape index (κ1) is 21.6. The number of ether oxygens (including phenoxy) is 1. The summed E-state index contributed by atoms with van der Waals surface area (Å²) in [6.45, 7) is 2.94. The molecular weight excluding hydrogens is 412 g/mol. The van der Waals surface area contributed by atoms with Crippen LogP contribution in [-0.2, 0) is 20.6 Å². The van der Waals surface area contributed by atoms with Gasteiger partial charge in [-0.25, -0.2) is 12.7 Å². The van der Waals surface area contributed by atoms with Crippen LogP contribution in [0.4, 0.5) is 5.69 Å². The molecule has 156 valence electrons. The fraction of sp³-hybridized carbons (Fsp3) is 0.381. The zero-order valence-electron chi connectivity index (χ0n) is 16.3. The maximum absolute atomic E-state index is 12.9. The van der Waals surface area contributed by atoms with Crippen LogP contribution in [0.25, 0.3) is 0 Å². The molecule has 1 heterocycles. The van der Waals surface area contributed by atoms with Gasteiger partial charge in [-0.3, -0.25) is 4.79 Å². The lowest BCUT2D eigenvalue weighted by molar-refractivity contribution is -0.120. The number of nitrogens with one attached hydrogen (secondary N) is 1. The second kappa shape index (κ2) is 9.61. The Kier molecular flexibility index (Phi) is 7.16. The van der Waals surface area contributed by atoms with Gasteiger partial charge in [-0.1, -0.05) is 41.9 Å². The number of sulfonamides is 1. The van der Waals surface area contributed by atoms with Gasteiger partial charge >= 0.3 is 0 Å². The summed E-state index contributed by atoms with van der Waals surface area (Å²) in [5.41, 5.74) is 1.15. The second-order valence-corrected chi connectivity index (χ2v) is 9.34. The molecule has 0 aliphatic carbocycles. The molecule has 1 saturated heterocycles. The van der Waals surface area contributed by atoms with Gasteiger partial charge in [0.15, 0.2) is 0 Å². The van der Waals surface area contributed by atoms with Gasteiger partial charge < -0.3 is 10.1 Å². The number of hydrogen-bond donors (Lipinski definition) is 1. The van der Waals surface area contributed by atoms with Crippen LogP contribution in [0.15, 0.2) is 48.5 Å². The van der Waals surface area contributed by atoms with Crippen molar-refractivity contribution in [3.05, 3.63) is 59.1 Å². The number of carbonyl (C=O) groups is 1. The molecule has 0 bridgehead atoms. The molecule has 1 atom stereocenters. The molecule has 0 unspecified atom stereocenters. The molecule has 2 aromatic carbocycles. The lowest BCUT2D eigenvalue weighted by Crippen LogP contribution is -2.44. The number of halogens is 1. The summed E-state index contributed by atoms with van der Waals surface area (Å²) in [4.78, 5) is 12.8. The molecule has 1 aliphatic rings. The lowest BCUT2D eigenvalue weighted by atomic mass is 9.98. The van der Waals surface area contributed by atoms with E-state index in [9.17, 15) is 13.2 Å². The first-order chi connectivity index (χ1) is 13.9. The van der Waals surface area contributed by atoms with Gasteiger partial charge in [0.25, 0.3) is 0 Å². The van der Waals surface area contributed by atoms with Crippen LogP contribution in [0.5, 0.6) is 5.75 Å². The number of nitrogens with zero attached hydrogens (tertiary/aromatic N) is 1. The van der Waals surface area contributed by atoms with Gasteiger partial charge in [-0.15, -0.1) is 0 Å². The van der Waals surface area contributed by atoms with Crippen molar-refractivity contribution in [2.45, 2.75) is 25.5 Å². The fourth-order valence-corrected chi connectivity index (χ4v) is 5.32. The normalized spacial score (nSPS) is 17.7. The summed E-state index contributed by atoms with van der Waals surface area (Å²) in [5, 5.41) is 3.32. The van der Waals surface area contributed by atoms with Gasteiger partial charge in [0.1, 0.15) is 5.75 Å². The Balaban J connectivity index is 1.68. The van der Waals surface area contributed by atoms with E-state index in [1.165, 1.54) is 4.31 Å². The smallest absolute Gasteiger partial charge is 0.228 e. The lowest BCUT2D eigenvalue weighted by Gasteiger charge is -2.31. The molecule has 6 nitrogen and oxygen atoms in total. The Bertz CT molecular complexity index is 965. The SMILES string of the molecule is CCOc1ccccc1NC(=O)[C@H]1CCCN(S(=O)(=O)Cc2ccccc2Cl)C1.